The quantitative estimate of drug-likeness (QED) is 0.360. The molecule has 0 N–H and O–H groups in total. The number of esters is 1. The number of carbonyl (C=O) groups excluding carboxylic acids is 2. The van der Waals surface area contributed by atoms with Crippen molar-refractivity contribution in [1.29, 1.82) is 0 Å². The third-order valence-electron chi connectivity index (χ3n) is 7.16. The summed E-state index contributed by atoms with van der Waals surface area (Å²) in [6.45, 7) is 8.43. The Morgan fingerprint density at radius 3 is 2.65 bits per heavy atom. The Balaban J connectivity index is 1.50. The van der Waals surface area contributed by atoms with Crippen LogP contribution in [-0.4, -0.2) is 24.6 Å². The highest BCUT2D eigenvalue weighted by Crippen LogP contribution is 2.36. The van der Waals surface area contributed by atoms with E-state index in [1.165, 1.54) is 23.4 Å². The molecule has 0 aliphatic carbocycles. The maximum absolute atomic E-state index is 13.5. The Bertz CT molecular complexity index is 1490. The van der Waals surface area contributed by atoms with Gasteiger partial charge in [-0.15, -0.1) is 0 Å². The molecule has 1 unspecified atom stereocenters. The van der Waals surface area contributed by atoms with Crippen LogP contribution in [0.1, 0.15) is 61.5 Å². The van der Waals surface area contributed by atoms with Gasteiger partial charge in [-0.1, -0.05) is 37.1 Å². The van der Waals surface area contributed by atoms with Gasteiger partial charge in [-0.3, -0.25) is 14.6 Å². The Morgan fingerprint density at radius 2 is 1.86 bits per heavy atom. The number of anilines is 2. The number of carbonyl (C=O) groups is 2. The number of para-hydroxylation sites is 1. The largest absolute Gasteiger partial charge is 0.426 e. The highest BCUT2D eigenvalue weighted by atomic mass is 16.5. The van der Waals surface area contributed by atoms with Crippen LogP contribution in [-0.2, 0) is 11.2 Å². The number of benzene rings is 3. The van der Waals surface area contributed by atoms with E-state index >= 15 is 0 Å². The van der Waals surface area contributed by atoms with Crippen molar-refractivity contribution < 1.29 is 14.3 Å². The van der Waals surface area contributed by atoms with Crippen LogP contribution in [0.2, 0.25) is 0 Å². The van der Waals surface area contributed by atoms with Gasteiger partial charge < -0.3 is 14.5 Å². The summed E-state index contributed by atoms with van der Waals surface area (Å²) in [5, 5.41) is 2.23. The normalized spacial score (nSPS) is 16.2. The minimum absolute atomic E-state index is 0.0444. The zero-order valence-corrected chi connectivity index (χ0v) is 22.0. The van der Waals surface area contributed by atoms with Gasteiger partial charge in [0.05, 0.1) is 10.9 Å². The number of nitrogens with zero attached hydrogens (tertiary/aromatic N) is 3. The van der Waals surface area contributed by atoms with E-state index in [-0.39, 0.29) is 17.8 Å². The first-order chi connectivity index (χ1) is 17.9. The minimum Gasteiger partial charge on any atom is -0.426 e. The van der Waals surface area contributed by atoms with Gasteiger partial charge in [0, 0.05) is 35.8 Å². The Kier molecular flexibility index (Phi) is 6.83. The number of unbranched alkanes of at least 4 members (excludes halogenated alkanes) is 1. The molecule has 0 fully saturated rings. The third-order valence-corrected chi connectivity index (χ3v) is 7.16. The van der Waals surface area contributed by atoms with E-state index < -0.39 is 5.97 Å². The fraction of sp³-hybridized carbons (Fsp3) is 0.323. The molecule has 3 aromatic carbocycles. The average molecular weight is 496 g/mol. The van der Waals surface area contributed by atoms with Crippen LogP contribution >= 0.6 is 0 Å². The van der Waals surface area contributed by atoms with Crippen molar-refractivity contribution in [2.24, 2.45) is 4.99 Å². The third kappa shape index (κ3) is 4.76. The summed E-state index contributed by atoms with van der Waals surface area (Å²) in [6, 6.07) is 19.7. The van der Waals surface area contributed by atoms with Gasteiger partial charge in [0.1, 0.15) is 11.9 Å². The van der Waals surface area contributed by atoms with Crippen molar-refractivity contribution in [2.45, 2.75) is 59.5 Å². The molecule has 2 aliphatic rings. The Hall–Kier alpha value is -3.93. The van der Waals surface area contributed by atoms with Crippen molar-refractivity contribution in [2.75, 3.05) is 16.3 Å². The summed E-state index contributed by atoms with van der Waals surface area (Å²) in [5.41, 5.74) is 5.95. The van der Waals surface area contributed by atoms with E-state index in [4.69, 9.17) is 9.73 Å². The molecule has 2 aliphatic heterocycles. The van der Waals surface area contributed by atoms with E-state index in [1.54, 1.807) is 29.2 Å². The van der Waals surface area contributed by atoms with Gasteiger partial charge in [-0.2, -0.15) is 0 Å². The summed E-state index contributed by atoms with van der Waals surface area (Å²) < 4.78 is 5.30. The molecule has 0 spiro atoms. The van der Waals surface area contributed by atoms with Crippen molar-refractivity contribution in [3.8, 4) is 5.75 Å². The van der Waals surface area contributed by atoms with Gasteiger partial charge in [-0.05, 0) is 81.1 Å². The van der Waals surface area contributed by atoms with Gasteiger partial charge in [0.15, 0.2) is 0 Å². The van der Waals surface area contributed by atoms with Gasteiger partial charge >= 0.3 is 5.97 Å². The number of rotatable bonds is 6. The van der Waals surface area contributed by atoms with Crippen molar-refractivity contribution in [3.05, 3.63) is 87.9 Å². The summed E-state index contributed by atoms with van der Waals surface area (Å²) >= 11 is 0. The van der Waals surface area contributed by atoms with Gasteiger partial charge in [0.2, 0.25) is 0 Å². The van der Waals surface area contributed by atoms with Crippen LogP contribution in [0.4, 0.5) is 11.4 Å². The molecule has 1 amide bonds. The summed E-state index contributed by atoms with van der Waals surface area (Å²) in [6.07, 6.45) is 4.02. The summed E-state index contributed by atoms with van der Waals surface area (Å²) in [5.74, 6) is -0.318. The van der Waals surface area contributed by atoms with E-state index in [2.05, 4.69) is 56.0 Å². The molecule has 3 aromatic rings. The molecule has 0 saturated heterocycles. The highest BCUT2D eigenvalue weighted by Gasteiger charge is 2.30. The topological polar surface area (TPSA) is 62.2 Å². The monoisotopic (exact) mass is 495 g/mol. The SMILES string of the molecule is CCCCC1N=c2ccc(C)cc2=C(C)N1c1ccc2c(c1)CCN2C(=O)c1ccccc1OC(C)=O. The molecule has 6 heteroatoms. The summed E-state index contributed by atoms with van der Waals surface area (Å²) in [7, 11) is 0. The molecule has 1 atom stereocenters. The zero-order valence-electron chi connectivity index (χ0n) is 22.0. The lowest BCUT2D eigenvalue weighted by Gasteiger charge is -2.35. The van der Waals surface area contributed by atoms with E-state index in [0.29, 0.717) is 12.1 Å². The minimum atomic E-state index is -0.445. The lowest BCUT2D eigenvalue weighted by atomic mass is 10.1. The number of ether oxygens (including phenoxy) is 1. The second-order valence-electron chi connectivity index (χ2n) is 9.84. The van der Waals surface area contributed by atoms with Gasteiger partial charge in [-0.25, -0.2) is 0 Å². The Labute approximate surface area is 217 Å². The predicted octanol–water partition coefficient (Wildman–Crippen LogP) is 4.91. The maximum atomic E-state index is 13.5. The molecule has 0 saturated carbocycles. The molecular formula is C31H33N3O3. The van der Waals surface area contributed by atoms with E-state index in [9.17, 15) is 9.59 Å². The van der Waals surface area contributed by atoms with Crippen LogP contribution in [0.3, 0.4) is 0 Å². The fourth-order valence-electron chi connectivity index (χ4n) is 5.35. The average Bonchev–Trinajstić information content (AvgIpc) is 3.31. The first kappa shape index (κ1) is 24.8. The number of fused-ring (bicyclic) bond motifs is 2. The van der Waals surface area contributed by atoms with E-state index in [1.807, 2.05) is 6.07 Å². The van der Waals surface area contributed by atoms with Crippen LogP contribution in [0.25, 0.3) is 5.70 Å². The Morgan fingerprint density at radius 1 is 1.05 bits per heavy atom. The zero-order chi connectivity index (χ0) is 26.1. The number of amides is 1. The lowest BCUT2D eigenvalue weighted by Crippen LogP contribution is -2.45. The van der Waals surface area contributed by atoms with Crippen LogP contribution in [0.15, 0.2) is 65.7 Å². The lowest BCUT2D eigenvalue weighted by molar-refractivity contribution is -0.131. The second-order valence-corrected chi connectivity index (χ2v) is 9.84. The molecule has 190 valence electrons. The van der Waals surface area contributed by atoms with Crippen molar-refractivity contribution >= 4 is 28.9 Å². The highest BCUT2D eigenvalue weighted by molar-refractivity contribution is 6.09. The molecular weight excluding hydrogens is 462 g/mol. The molecule has 2 heterocycles. The maximum Gasteiger partial charge on any atom is 0.308 e. The first-order valence-corrected chi connectivity index (χ1v) is 13.0. The number of aryl methyl sites for hydroxylation is 1. The second kappa shape index (κ2) is 10.2. The van der Waals surface area contributed by atoms with Crippen LogP contribution < -0.4 is 25.1 Å². The number of hydrogen-bond acceptors (Lipinski definition) is 5. The fourth-order valence-corrected chi connectivity index (χ4v) is 5.35. The molecule has 0 radical (unpaired) electrons. The number of hydrogen-bond donors (Lipinski definition) is 0. The molecule has 0 aromatic heterocycles. The summed E-state index contributed by atoms with van der Waals surface area (Å²) in [4.78, 5) is 34.3. The smallest absolute Gasteiger partial charge is 0.308 e. The first-order valence-electron chi connectivity index (χ1n) is 13.0. The molecule has 0 bridgehead atoms. The van der Waals surface area contributed by atoms with Crippen molar-refractivity contribution in [1.82, 2.24) is 0 Å². The van der Waals surface area contributed by atoms with Crippen LogP contribution in [0, 0.1) is 6.92 Å². The standard InChI is InChI=1S/C31H33N3O3/c1-5-6-11-30-32-27-14-12-20(2)18-26(27)21(3)34(30)24-13-15-28-23(19-24)16-17-33(28)31(36)25-9-7-8-10-29(25)37-22(4)35/h7-10,12-15,18-19,30H,5-6,11,16-17H2,1-4H3. The predicted molar refractivity (Wildman–Crippen MR) is 146 cm³/mol. The molecule has 5 rings (SSSR count). The van der Waals surface area contributed by atoms with Gasteiger partial charge in [0.25, 0.3) is 5.91 Å². The molecule has 37 heavy (non-hydrogen) atoms. The van der Waals surface area contributed by atoms with Crippen LogP contribution in [0.5, 0.6) is 5.75 Å². The van der Waals surface area contributed by atoms with Crippen molar-refractivity contribution in [3.63, 3.8) is 0 Å². The van der Waals surface area contributed by atoms with E-state index in [0.717, 1.165) is 48.0 Å². The molecule has 6 nitrogen and oxygen atoms in total.